The Kier molecular flexibility index (Phi) is 4.94. The molecule has 2 aromatic carbocycles. The Morgan fingerprint density at radius 3 is 2.55 bits per heavy atom. The Morgan fingerprint density at radius 2 is 1.74 bits per heavy atom. The number of aryl methyl sites for hydroxylation is 2. The van der Waals surface area contributed by atoms with Gasteiger partial charge in [-0.15, -0.1) is 0 Å². The largest absolute Gasteiger partial charge is 0.337 e. The highest BCUT2D eigenvalue weighted by atomic mass is 16.5. The molecule has 7 heteroatoms. The molecule has 5 rings (SSSR count). The lowest BCUT2D eigenvalue weighted by Crippen LogP contribution is -2.38. The maximum absolute atomic E-state index is 13.4. The second-order valence-corrected chi connectivity index (χ2v) is 7.93. The molecule has 0 radical (unpaired) electrons. The smallest absolute Gasteiger partial charge is 0.254 e. The van der Waals surface area contributed by atoms with Crippen LogP contribution < -0.4 is 0 Å². The molecule has 1 saturated heterocycles. The van der Waals surface area contributed by atoms with E-state index in [0.717, 1.165) is 47.2 Å². The normalized spacial score (nSPS) is 16.6. The molecular formula is C24H23N5O2. The Labute approximate surface area is 180 Å². The Balaban J connectivity index is 1.45. The van der Waals surface area contributed by atoms with Crippen LogP contribution in [0.1, 0.15) is 52.9 Å². The fourth-order valence-corrected chi connectivity index (χ4v) is 4.04. The third-order valence-electron chi connectivity index (χ3n) is 5.84. The van der Waals surface area contributed by atoms with E-state index in [0.29, 0.717) is 23.8 Å². The summed E-state index contributed by atoms with van der Waals surface area (Å²) in [4.78, 5) is 29.1. The Hall–Kier alpha value is -3.61. The minimum atomic E-state index is -0.229. The summed E-state index contributed by atoms with van der Waals surface area (Å²) in [5.41, 5.74) is 4.77. The number of likely N-dealkylation sites (tertiary alicyclic amines) is 1. The number of aromatic nitrogens is 4. The van der Waals surface area contributed by atoms with Gasteiger partial charge in [0.2, 0.25) is 11.7 Å². The molecule has 156 valence electrons. The van der Waals surface area contributed by atoms with Crippen molar-refractivity contribution < 1.29 is 9.32 Å². The minimum Gasteiger partial charge on any atom is -0.337 e. The maximum atomic E-state index is 13.4. The maximum Gasteiger partial charge on any atom is 0.254 e. The molecule has 0 spiro atoms. The molecule has 1 unspecified atom stereocenters. The zero-order valence-corrected chi connectivity index (χ0v) is 17.6. The van der Waals surface area contributed by atoms with Gasteiger partial charge in [0.1, 0.15) is 6.04 Å². The van der Waals surface area contributed by atoms with Crippen molar-refractivity contribution in [1.82, 2.24) is 25.0 Å². The molecule has 31 heavy (non-hydrogen) atoms. The molecule has 0 saturated carbocycles. The van der Waals surface area contributed by atoms with Gasteiger partial charge in [0.15, 0.2) is 0 Å². The fourth-order valence-electron chi connectivity index (χ4n) is 4.04. The third-order valence-corrected chi connectivity index (χ3v) is 5.84. The minimum absolute atomic E-state index is 0.0499. The van der Waals surface area contributed by atoms with Gasteiger partial charge in [0.25, 0.3) is 5.91 Å². The number of piperidine rings is 1. The molecule has 2 aromatic heterocycles. The summed E-state index contributed by atoms with van der Waals surface area (Å²) < 4.78 is 5.60. The summed E-state index contributed by atoms with van der Waals surface area (Å²) in [5.74, 6) is 0.977. The summed E-state index contributed by atoms with van der Waals surface area (Å²) in [6.45, 7) is 4.52. The van der Waals surface area contributed by atoms with Crippen LogP contribution in [-0.4, -0.2) is 37.5 Å². The van der Waals surface area contributed by atoms with Crippen molar-refractivity contribution in [3.63, 3.8) is 0 Å². The van der Waals surface area contributed by atoms with E-state index >= 15 is 0 Å². The van der Waals surface area contributed by atoms with E-state index in [4.69, 9.17) is 4.52 Å². The summed E-state index contributed by atoms with van der Waals surface area (Å²) in [6, 6.07) is 15.0. The average Bonchev–Trinajstić information content (AvgIpc) is 3.30. The number of hydrogen-bond donors (Lipinski definition) is 0. The van der Waals surface area contributed by atoms with Crippen LogP contribution in [0.5, 0.6) is 0 Å². The highest BCUT2D eigenvalue weighted by Crippen LogP contribution is 2.32. The number of fused-ring (bicyclic) bond motifs is 1. The summed E-state index contributed by atoms with van der Waals surface area (Å²) >= 11 is 0. The molecule has 4 aromatic rings. The van der Waals surface area contributed by atoms with Gasteiger partial charge in [-0.2, -0.15) is 4.98 Å². The van der Waals surface area contributed by atoms with Crippen molar-refractivity contribution in [2.24, 2.45) is 0 Å². The van der Waals surface area contributed by atoms with E-state index in [1.807, 2.05) is 67.3 Å². The van der Waals surface area contributed by atoms with E-state index in [1.54, 1.807) is 0 Å². The Morgan fingerprint density at radius 1 is 0.968 bits per heavy atom. The van der Waals surface area contributed by atoms with E-state index in [1.165, 1.54) is 0 Å². The first-order valence-electron chi connectivity index (χ1n) is 10.5. The molecule has 0 N–H and O–H groups in total. The van der Waals surface area contributed by atoms with Crippen LogP contribution in [-0.2, 0) is 0 Å². The predicted molar refractivity (Wildman–Crippen MR) is 116 cm³/mol. The van der Waals surface area contributed by atoms with Crippen LogP contribution in [0.15, 0.2) is 53.1 Å². The monoisotopic (exact) mass is 413 g/mol. The number of benzene rings is 2. The predicted octanol–water partition coefficient (Wildman–Crippen LogP) is 4.66. The molecular weight excluding hydrogens is 390 g/mol. The lowest BCUT2D eigenvalue weighted by Gasteiger charge is -2.33. The number of nitrogens with zero attached hydrogens (tertiary/aromatic N) is 5. The van der Waals surface area contributed by atoms with Gasteiger partial charge in [-0.3, -0.25) is 4.79 Å². The summed E-state index contributed by atoms with van der Waals surface area (Å²) in [5, 5.41) is 4.14. The number of carbonyl (C=O) groups excluding carboxylic acids is 1. The van der Waals surface area contributed by atoms with Gasteiger partial charge in [0, 0.05) is 17.7 Å². The van der Waals surface area contributed by atoms with E-state index in [2.05, 4.69) is 20.1 Å². The highest BCUT2D eigenvalue weighted by molar-refractivity contribution is 5.97. The van der Waals surface area contributed by atoms with Crippen LogP contribution >= 0.6 is 0 Å². The topological polar surface area (TPSA) is 85.0 Å². The molecule has 0 bridgehead atoms. The second kappa shape index (κ2) is 7.91. The van der Waals surface area contributed by atoms with Gasteiger partial charge in [-0.05, 0) is 51.3 Å². The van der Waals surface area contributed by atoms with Crippen LogP contribution in [0.25, 0.3) is 22.4 Å². The van der Waals surface area contributed by atoms with Gasteiger partial charge < -0.3 is 9.42 Å². The molecule has 0 aliphatic carbocycles. The highest BCUT2D eigenvalue weighted by Gasteiger charge is 2.33. The fraction of sp³-hybridized carbons (Fsp3) is 0.292. The third kappa shape index (κ3) is 3.67. The quantitative estimate of drug-likeness (QED) is 0.485. The number of carbonyl (C=O) groups is 1. The van der Waals surface area contributed by atoms with Crippen molar-refractivity contribution in [3.8, 4) is 11.4 Å². The van der Waals surface area contributed by atoms with Crippen molar-refractivity contribution in [2.45, 2.75) is 39.2 Å². The number of hydrogen-bond acceptors (Lipinski definition) is 6. The average molecular weight is 413 g/mol. The second-order valence-electron chi connectivity index (χ2n) is 7.93. The van der Waals surface area contributed by atoms with Crippen molar-refractivity contribution >= 4 is 16.9 Å². The first-order valence-corrected chi connectivity index (χ1v) is 10.5. The standard InChI is InChI=1S/C24H23N5O2/c1-15-16(2)26-20-14-18(11-12-19(20)25-15)24(30)29-13-7-6-10-21(29)23-27-22(28-31-23)17-8-4-3-5-9-17/h3-5,8-9,11-12,14,21H,6-7,10,13H2,1-2H3. The molecule has 7 nitrogen and oxygen atoms in total. The zero-order valence-electron chi connectivity index (χ0n) is 17.6. The van der Waals surface area contributed by atoms with Crippen LogP contribution in [0.3, 0.4) is 0 Å². The summed E-state index contributed by atoms with van der Waals surface area (Å²) in [7, 11) is 0. The van der Waals surface area contributed by atoms with Gasteiger partial charge in [-0.1, -0.05) is 35.5 Å². The molecule has 1 aliphatic rings. The SMILES string of the molecule is Cc1nc2ccc(C(=O)N3CCCCC3c3nc(-c4ccccc4)no3)cc2nc1C. The first kappa shape index (κ1) is 19.4. The van der Waals surface area contributed by atoms with E-state index in [9.17, 15) is 4.79 Å². The Bertz CT molecular complexity index is 1250. The number of amides is 1. The van der Waals surface area contributed by atoms with Gasteiger partial charge >= 0.3 is 0 Å². The van der Waals surface area contributed by atoms with Crippen LogP contribution in [0, 0.1) is 13.8 Å². The van der Waals surface area contributed by atoms with Gasteiger partial charge in [-0.25, -0.2) is 9.97 Å². The molecule has 1 fully saturated rings. The van der Waals surface area contributed by atoms with Crippen LogP contribution in [0.4, 0.5) is 0 Å². The number of rotatable bonds is 3. The summed E-state index contributed by atoms with van der Waals surface area (Å²) in [6.07, 6.45) is 2.76. The van der Waals surface area contributed by atoms with Gasteiger partial charge in [0.05, 0.1) is 22.4 Å². The molecule has 1 aliphatic heterocycles. The zero-order chi connectivity index (χ0) is 21.4. The first-order chi connectivity index (χ1) is 15.1. The molecule has 1 atom stereocenters. The van der Waals surface area contributed by atoms with Crippen molar-refractivity contribution in [1.29, 1.82) is 0 Å². The van der Waals surface area contributed by atoms with Crippen molar-refractivity contribution in [3.05, 3.63) is 71.4 Å². The van der Waals surface area contributed by atoms with Crippen molar-refractivity contribution in [2.75, 3.05) is 6.54 Å². The molecule has 3 heterocycles. The lowest BCUT2D eigenvalue weighted by atomic mass is 10.0. The van der Waals surface area contributed by atoms with E-state index in [-0.39, 0.29) is 11.9 Å². The van der Waals surface area contributed by atoms with Crippen LogP contribution in [0.2, 0.25) is 0 Å². The molecule has 1 amide bonds. The lowest BCUT2D eigenvalue weighted by molar-refractivity contribution is 0.0561. The van der Waals surface area contributed by atoms with E-state index < -0.39 is 0 Å².